The summed E-state index contributed by atoms with van der Waals surface area (Å²) >= 11 is 0. The van der Waals surface area contributed by atoms with Crippen molar-refractivity contribution in [2.75, 3.05) is 17.3 Å². The van der Waals surface area contributed by atoms with E-state index in [0.717, 1.165) is 6.54 Å². The summed E-state index contributed by atoms with van der Waals surface area (Å²) in [7, 11) is 0. The maximum atomic E-state index is 5.38. The van der Waals surface area contributed by atoms with Gasteiger partial charge in [-0.15, -0.1) is 0 Å². The lowest BCUT2D eigenvalue weighted by Crippen LogP contribution is -2.33. The number of rotatable bonds is 5. The number of hydrogen-bond acceptors (Lipinski definition) is 8. The topological polar surface area (TPSA) is 119 Å². The summed E-state index contributed by atoms with van der Waals surface area (Å²) in [5, 5.41) is 7.24. The zero-order valence-corrected chi connectivity index (χ0v) is 11.2. The molecule has 9 nitrogen and oxygen atoms in total. The maximum Gasteiger partial charge on any atom is 0.258 e. The third-order valence-electron chi connectivity index (χ3n) is 3.61. The lowest BCUT2D eigenvalue weighted by atomic mass is 9.70. The number of hydrazine groups is 1. The van der Waals surface area contributed by atoms with E-state index in [1.807, 2.05) is 0 Å². The summed E-state index contributed by atoms with van der Waals surface area (Å²) in [5.74, 6) is 6.51. The van der Waals surface area contributed by atoms with E-state index < -0.39 is 0 Å². The molecular weight excluding hydrogens is 258 g/mol. The van der Waals surface area contributed by atoms with Crippen molar-refractivity contribution in [1.82, 2.24) is 29.7 Å². The summed E-state index contributed by atoms with van der Waals surface area (Å²) in [4.78, 5) is 16.5. The number of nitrogens with zero attached hydrogens (tertiary/aromatic N) is 6. The fourth-order valence-corrected chi connectivity index (χ4v) is 2.17. The molecule has 1 aliphatic carbocycles. The molecule has 1 saturated carbocycles. The van der Waals surface area contributed by atoms with E-state index in [1.165, 1.54) is 36.6 Å². The highest BCUT2D eigenvalue weighted by molar-refractivity contribution is 5.37. The molecule has 0 saturated heterocycles. The largest absolute Gasteiger partial charge is 0.353 e. The van der Waals surface area contributed by atoms with Gasteiger partial charge in [-0.2, -0.15) is 24.7 Å². The molecule has 0 amide bonds. The van der Waals surface area contributed by atoms with E-state index in [2.05, 4.69) is 42.7 Å². The fraction of sp³-hybridized carbons (Fsp3) is 0.545. The molecule has 2 aromatic heterocycles. The average molecular weight is 275 g/mol. The first kappa shape index (κ1) is 12.7. The van der Waals surface area contributed by atoms with Crippen molar-refractivity contribution in [3.8, 4) is 5.95 Å². The highest BCUT2D eigenvalue weighted by Crippen LogP contribution is 2.39. The van der Waals surface area contributed by atoms with Crippen LogP contribution in [-0.2, 0) is 0 Å². The van der Waals surface area contributed by atoms with Crippen LogP contribution in [0.2, 0.25) is 0 Å². The van der Waals surface area contributed by atoms with Crippen LogP contribution >= 0.6 is 0 Å². The van der Waals surface area contributed by atoms with Crippen LogP contribution in [-0.4, -0.2) is 36.3 Å². The van der Waals surface area contributed by atoms with Gasteiger partial charge in [-0.1, -0.05) is 13.3 Å². The van der Waals surface area contributed by atoms with Gasteiger partial charge in [0.15, 0.2) is 0 Å². The van der Waals surface area contributed by atoms with Gasteiger partial charge in [0.05, 0.1) is 0 Å². The highest BCUT2D eigenvalue weighted by atomic mass is 15.4. The highest BCUT2D eigenvalue weighted by Gasteiger charge is 2.31. The van der Waals surface area contributed by atoms with Crippen LogP contribution in [0, 0.1) is 5.41 Å². The first-order valence-electron chi connectivity index (χ1n) is 6.50. The molecule has 1 fully saturated rings. The molecule has 3 rings (SSSR count). The number of hydrogen-bond donors (Lipinski definition) is 3. The number of nitrogens with two attached hydrogens (primary N) is 1. The number of nitrogens with one attached hydrogen (secondary N) is 2. The smallest absolute Gasteiger partial charge is 0.258 e. The second-order valence-corrected chi connectivity index (χ2v) is 5.28. The molecular formula is C11H17N9. The Kier molecular flexibility index (Phi) is 3.18. The average Bonchev–Trinajstić information content (AvgIpc) is 2.97. The van der Waals surface area contributed by atoms with Gasteiger partial charge in [0.2, 0.25) is 11.9 Å². The Bertz CT molecular complexity index is 576. The molecule has 2 aromatic rings. The summed E-state index contributed by atoms with van der Waals surface area (Å²) in [6.45, 7) is 3.09. The first-order chi connectivity index (χ1) is 9.68. The molecule has 106 valence electrons. The number of nitrogen functional groups attached to an aromatic ring is 1. The monoisotopic (exact) mass is 275 g/mol. The van der Waals surface area contributed by atoms with Crippen LogP contribution in [0.4, 0.5) is 11.9 Å². The van der Waals surface area contributed by atoms with Gasteiger partial charge in [0.1, 0.15) is 12.7 Å². The molecule has 0 radical (unpaired) electrons. The van der Waals surface area contributed by atoms with E-state index in [1.54, 1.807) is 0 Å². The maximum absolute atomic E-state index is 5.38. The molecule has 0 spiro atoms. The third-order valence-corrected chi connectivity index (χ3v) is 3.61. The summed E-state index contributed by atoms with van der Waals surface area (Å²) in [6, 6.07) is 0. The van der Waals surface area contributed by atoms with E-state index in [9.17, 15) is 0 Å². The van der Waals surface area contributed by atoms with E-state index in [0.29, 0.717) is 17.3 Å². The lowest BCUT2D eigenvalue weighted by Gasteiger charge is -2.38. The van der Waals surface area contributed by atoms with Gasteiger partial charge in [-0.25, -0.2) is 10.8 Å². The zero-order chi connectivity index (χ0) is 14.0. The van der Waals surface area contributed by atoms with E-state index in [4.69, 9.17) is 5.84 Å². The Labute approximate surface area is 116 Å². The SMILES string of the molecule is CC1(CNc2nc(NN)nc(-n3cncn3)n2)CCC1. The molecule has 0 aromatic carbocycles. The van der Waals surface area contributed by atoms with Gasteiger partial charge in [0.25, 0.3) is 5.95 Å². The fourth-order valence-electron chi connectivity index (χ4n) is 2.17. The Morgan fingerprint density at radius 2 is 2.10 bits per heavy atom. The Morgan fingerprint density at radius 3 is 2.70 bits per heavy atom. The first-order valence-corrected chi connectivity index (χ1v) is 6.50. The van der Waals surface area contributed by atoms with Crippen molar-refractivity contribution in [3.63, 3.8) is 0 Å². The van der Waals surface area contributed by atoms with Gasteiger partial charge >= 0.3 is 0 Å². The quantitative estimate of drug-likeness (QED) is 0.528. The van der Waals surface area contributed by atoms with Gasteiger partial charge < -0.3 is 5.32 Å². The van der Waals surface area contributed by atoms with Gasteiger partial charge in [-0.3, -0.25) is 5.43 Å². The minimum atomic E-state index is 0.284. The van der Waals surface area contributed by atoms with Crippen molar-refractivity contribution in [2.45, 2.75) is 26.2 Å². The van der Waals surface area contributed by atoms with Gasteiger partial charge in [-0.05, 0) is 18.3 Å². The standard InChI is InChI=1S/C11H17N9/c1-11(3-2-4-11)5-14-8-16-9(19-12)18-10(17-8)20-7-13-6-15-20/h6-7H,2-5,12H2,1H3,(H2,14,16,17,18,19). The van der Waals surface area contributed by atoms with Crippen LogP contribution in [0.25, 0.3) is 5.95 Å². The van der Waals surface area contributed by atoms with Crippen molar-refractivity contribution in [2.24, 2.45) is 11.3 Å². The van der Waals surface area contributed by atoms with E-state index in [-0.39, 0.29) is 5.95 Å². The predicted molar refractivity (Wildman–Crippen MR) is 73.0 cm³/mol. The summed E-state index contributed by atoms with van der Waals surface area (Å²) in [6.07, 6.45) is 6.68. The van der Waals surface area contributed by atoms with Crippen LogP contribution in [0.3, 0.4) is 0 Å². The van der Waals surface area contributed by atoms with Crippen LogP contribution in [0.5, 0.6) is 0 Å². The summed E-state index contributed by atoms with van der Waals surface area (Å²) in [5.41, 5.74) is 2.76. The minimum absolute atomic E-state index is 0.284. The molecule has 20 heavy (non-hydrogen) atoms. The third kappa shape index (κ3) is 2.52. The van der Waals surface area contributed by atoms with Gasteiger partial charge in [0, 0.05) is 6.54 Å². The predicted octanol–water partition coefficient (Wildman–Crippen LogP) is 0.340. The van der Waals surface area contributed by atoms with Crippen molar-refractivity contribution >= 4 is 11.9 Å². The molecule has 0 unspecified atom stereocenters. The number of aromatic nitrogens is 6. The number of anilines is 2. The zero-order valence-electron chi connectivity index (χ0n) is 11.2. The second kappa shape index (κ2) is 5.00. The van der Waals surface area contributed by atoms with Crippen LogP contribution < -0.4 is 16.6 Å². The van der Waals surface area contributed by atoms with Crippen LogP contribution in [0.1, 0.15) is 26.2 Å². The normalized spacial score (nSPS) is 16.5. The second-order valence-electron chi connectivity index (χ2n) is 5.28. The molecule has 0 bridgehead atoms. The van der Waals surface area contributed by atoms with Crippen molar-refractivity contribution < 1.29 is 0 Å². The van der Waals surface area contributed by atoms with Crippen LogP contribution in [0.15, 0.2) is 12.7 Å². The Hall–Kier alpha value is -2.29. The van der Waals surface area contributed by atoms with Crippen molar-refractivity contribution in [3.05, 3.63) is 12.7 Å². The summed E-state index contributed by atoms with van der Waals surface area (Å²) < 4.78 is 1.46. The Balaban J connectivity index is 1.81. The minimum Gasteiger partial charge on any atom is -0.353 e. The molecule has 2 heterocycles. The van der Waals surface area contributed by atoms with Crippen molar-refractivity contribution in [1.29, 1.82) is 0 Å². The Morgan fingerprint density at radius 1 is 1.30 bits per heavy atom. The lowest BCUT2D eigenvalue weighted by molar-refractivity contribution is 0.179. The van der Waals surface area contributed by atoms with E-state index >= 15 is 0 Å². The molecule has 1 aliphatic rings. The molecule has 0 atom stereocenters. The molecule has 0 aliphatic heterocycles. The molecule has 4 N–H and O–H groups in total. The molecule has 9 heteroatoms.